The van der Waals surface area contributed by atoms with Crippen molar-refractivity contribution in [2.75, 3.05) is 34.9 Å². The van der Waals surface area contributed by atoms with Crippen LogP contribution in [0.5, 0.6) is 0 Å². The minimum absolute atomic E-state index is 0.000468. The lowest BCUT2D eigenvalue weighted by atomic mass is 10.1. The molecule has 1 unspecified atom stereocenters. The fourth-order valence-electron chi connectivity index (χ4n) is 2.12. The standard InChI is InChI=1S/C10H17N3O4S3/c1-2-20(16,17)8-9(11)13-18-10(8)12-5-7-3-4-19(14,15)6-7/h7,12H,2-6H2,1H3,(H2,11,13). The van der Waals surface area contributed by atoms with Crippen LogP contribution >= 0.6 is 11.5 Å². The fourth-order valence-corrected chi connectivity index (χ4v) is 6.16. The summed E-state index contributed by atoms with van der Waals surface area (Å²) < 4.78 is 50.5. The molecule has 1 fully saturated rings. The average Bonchev–Trinajstić information content (AvgIpc) is 2.90. The number of nitrogens with zero attached hydrogens (tertiary/aromatic N) is 1. The summed E-state index contributed by atoms with van der Waals surface area (Å²) in [5, 5.41) is 3.38. The van der Waals surface area contributed by atoms with Gasteiger partial charge in [0.1, 0.15) is 9.90 Å². The molecule has 1 aromatic rings. The maximum Gasteiger partial charge on any atom is 0.184 e. The number of nitrogen functional groups attached to an aromatic ring is 1. The number of sulfone groups is 2. The highest BCUT2D eigenvalue weighted by Gasteiger charge is 2.29. The summed E-state index contributed by atoms with van der Waals surface area (Å²) in [5.41, 5.74) is 5.61. The first-order valence-corrected chi connectivity index (χ1v) is 10.4. The van der Waals surface area contributed by atoms with E-state index in [-0.39, 0.29) is 33.9 Å². The van der Waals surface area contributed by atoms with E-state index in [1.165, 1.54) is 0 Å². The van der Waals surface area contributed by atoms with Gasteiger partial charge in [-0.25, -0.2) is 16.8 Å². The van der Waals surface area contributed by atoms with E-state index in [4.69, 9.17) is 5.73 Å². The SMILES string of the molecule is CCS(=O)(=O)c1c(N)nsc1NCC1CCS(=O)(=O)C1. The van der Waals surface area contributed by atoms with Gasteiger partial charge in [-0.05, 0) is 23.9 Å². The maximum atomic E-state index is 12.0. The normalized spacial score (nSPS) is 21.9. The van der Waals surface area contributed by atoms with Crippen molar-refractivity contribution in [2.45, 2.75) is 18.2 Å². The molecule has 2 rings (SSSR count). The summed E-state index contributed by atoms with van der Waals surface area (Å²) in [6, 6.07) is 0. The molecule has 1 aliphatic heterocycles. The molecule has 0 saturated carbocycles. The molecule has 3 N–H and O–H groups in total. The Morgan fingerprint density at radius 3 is 2.75 bits per heavy atom. The Bertz CT molecular complexity index is 693. The highest BCUT2D eigenvalue weighted by molar-refractivity contribution is 7.92. The molecule has 0 spiro atoms. The summed E-state index contributed by atoms with van der Waals surface area (Å²) in [7, 11) is -6.38. The predicted molar refractivity (Wildman–Crippen MR) is 79.5 cm³/mol. The van der Waals surface area contributed by atoms with E-state index in [1.807, 2.05) is 0 Å². The number of aromatic nitrogens is 1. The minimum Gasteiger partial charge on any atom is -0.382 e. The van der Waals surface area contributed by atoms with E-state index in [0.717, 1.165) is 11.5 Å². The van der Waals surface area contributed by atoms with Gasteiger partial charge in [-0.2, -0.15) is 4.37 Å². The molecule has 114 valence electrons. The highest BCUT2D eigenvalue weighted by atomic mass is 32.2. The van der Waals surface area contributed by atoms with Crippen molar-refractivity contribution in [3.05, 3.63) is 0 Å². The van der Waals surface area contributed by atoms with Gasteiger partial charge in [0.25, 0.3) is 0 Å². The number of anilines is 2. The third-order valence-electron chi connectivity index (χ3n) is 3.24. The topological polar surface area (TPSA) is 119 Å². The van der Waals surface area contributed by atoms with Crippen molar-refractivity contribution in [2.24, 2.45) is 5.92 Å². The van der Waals surface area contributed by atoms with Crippen LogP contribution in [-0.2, 0) is 19.7 Å². The average molecular weight is 339 g/mol. The number of rotatable bonds is 5. The Kier molecular flexibility index (Phi) is 4.26. The Morgan fingerprint density at radius 2 is 2.20 bits per heavy atom. The highest BCUT2D eigenvalue weighted by Crippen LogP contribution is 2.32. The van der Waals surface area contributed by atoms with Crippen LogP contribution in [0.25, 0.3) is 0 Å². The van der Waals surface area contributed by atoms with Crippen molar-refractivity contribution in [3.8, 4) is 0 Å². The Labute approximate surface area is 122 Å². The van der Waals surface area contributed by atoms with Gasteiger partial charge in [0.05, 0.1) is 17.3 Å². The molecule has 20 heavy (non-hydrogen) atoms. The molecular weight excluding hydrogens is 322 g/mol. The second-order valence-corrected chi connectivity index (χ2v) is 10.00. The largest absolute Gasteiger partial charge is 0.382 e. The molecule has 0 bridgehead atoms. The van der Waals surface area contributed by atoms with E-state index in [0.29, 0.717) is 18.0 Å². The number of nitrogens with one attached hydrogen (secondary N) is 1. The first-order chi connectivity index (χ1) is 9.25. The fraction of sp³-hybridized carbons (Fsp3) is 0.700. The van der Waals surface area contributed by atoms with E-state index in [1.54, 1.807) is 6.92 Å². The molecule has 10 heteroatoms. The van der Waals surface area contributed by atoms with Crippen LogP contribution in [-0.4, -0.2) is 45.0 Å². The van der Waals surface area contributed by atoms with Crippen LogP contribution in [0, 0.1) is 5.92 Å². The van der Waals surface area contributed by atoms with Gasteiger partial charge in [0.15, 0.2) is 25.5 Å². The van der Waals surface area contributed by atoms with Crippen LogP contribution in [0.4, 0.5) is 10.8 Å². The van der Waals surface area contributed by atoms with Crippen molar-refractivity contribution < 1.29 is 16.8 Å². The molecule has 1 aliphatic rings. The molecule has 1 saturated heterocycles. The second-order valence-electron chi connectivity index (χ2n) is 4.78. The molecule has 1 aromatic heterocycles. The summed E-state index contributed by atoms with van der Waals surface area (Å²) in [4.78, 5) is 0.0332. The monoisotopic (exact) mass is 339 g/mol. The molecule has 1 atom stereocenters. The number of nitrogens with two attached hydrogens (primary N) is 1. The molecular formula is C10H17N3O4S3. The first-order valence-electron chi connectivity index (χ1n) is 6.17. The summed E-state index contributed by atoms with van der Waals surface area (Å²) in [6.45, 7) is 1.95. The maximum absolute atomic E-state index is 12.0. The van der Waals surface area contributed by atoms with Crippen LogP contribution in [0.15, 0.2) is 4.90 Å². The van der Waals surface area contributed by atoms with Gasteiger partial charge >= 0.3 is 0 Å². The zero-order chi connectivity index (χ0) is 15.0. The molecule has 0 aliphatic carbocycles. The number of hydrogen-bond donors (Lipinski definition) is 2. The Balaban J connectivity index is 2.12. The van der Waals surface area contributed by atoms with Gasteiger partial charge in [-0.3, -0.25) is 0 Å². The minimum atomic E-state index is -3.44. The Morgan fingerprint density at radius 1 is 1.50 bits per heavy atom. The lowest BCUT2D eigenvalue weighted by Gasteiger charge is -2.10. The molecule has 0 aromatic carbocycles. The van der Waals surface area contributed by atoms with Crippen molar-refractivity contribution in [3.63, 3.8) is 0 Å². The van der Waals surface area contributed by atoms with Crippen LogP contribution in [0.3, 0.4) is 0 Å². The van der Waals surface area contributed by atoms with Crippen molar-refractivity contribution in [1.29, 1.82) is 0 Å². The van der Waals surface area contributed by atoms with Crippen LogP contribution in [0.2, 0.25) is 0 Å². The van der Waals surface area contributed by atoms with Gasteiger partial charge in [0, 0.05) is 6.54 Å². The van der Waals surface area contributed by atoms with E-state index < -0.39 is 19.7 Å². The predicted octanol–water partition coefficient (Wildman–Crippen LogP) is 0.365. The molecule has 0 amide bonds. The second kappa shape index (κ2) is 5.49. The van der Waals surface area contributed by atoms with E-state index in [2.05, 4.69) is 9.69 Å². The van der Waals surface area contributed by atoms with Gasteiger partial charge in [-0.15, -0.1) is 0 Å². The smallest absolute Gasteiger partial charge is 0.184 e. The van der Waals surface area contributed by atoms with Crippen molar-refractivity contribution in [1.82, 2.24) is 4.37 Å². The van der Waals surface area contributed by atoms with E-state index in [9.17, 15) is 16.8 Å². The van der Waals surface area contributed by atoms with Crippen LogP contribution < -0.4 is 11.1 Å². The van der Waals surface area contributed by atoms with Gasteiger partial charge in [-0.1, -0.05) is 6.92 Å². The Hall–Kier alpha value is -0.870. The lowest BCUT2D eigenvalue weighted by molar-refractivity contribution is 0.593. The third-order valence-corrected chi connectivity index (χ3v) is 7.82. The van der Waals surface area contributed by atoms with Gasteiger partial charge in [0.2, 0.25) is 0 Å². The first kappa shape index (κ1) is 15.5. The summed E-state index contributed by atoms with van der Waals surface area (Å²) in [5.74, 6) is 0.287. The molecule has 0 radical (unpaired) electrons. The van der Waals surface area contributed by atoms with E-state index >= 15 is 0 Å². The number of hydrogen-bond acceptors (Lipinski definition) is 8. The lowest BCUT2D eigenvalue weighted by Crippen LogP contribution is -2.17. The zero-order valence-corrected chi connectivity index (χ0v) is 13.4. The molecule has 7 nitrogen and oxygen atoms in total. The third kappa shape index (κ3) is 3.23. The van der Waals surface area contributed by atoms with Crippen molar-refractivity contribution >= 4 is 42.0 Å². The van der Waals surface area contributed by atoms with Gasteiger partial charge < -0.3 is 11.1 Å². The summed E-state index contributed by atoms with van der Waals surface area (Å²) >= 11 is 0.987. The summed E-state index contributed by atoms with van der Waals surface area (Å²) in [6.07, 6.45) is 0.597. The van der Waals surface area contributed by atoms with Crippen LogP contribution in [0.1, 0.15) is 13.3 Å². The zero-order valence-electron chi connectivity index (χ0n) is 11.0. The quantitative estimate of drug-likeness (QED) is 0.795. The molecule has 2 heterocycles.